The second kappa shape index (κ2) is 6.49. The van der Waals surface area contributed by atoms with Gasteiger partial charge in [-0.2, -0.15) is 0 Å². The van der Waals surface area contributed by atoms with Gasteiger partial charge in [0.15, 0.2) is 0 Å². The van der Waals surface area contributed by atoms with Crippen LogP contribution in [-0.2, 0) is 9.47 Å². The zero-order valence-electron chi connectivity index (χ0n) is 9.75. The van der Waals surface area contributed by atoms with Crippen LogP contribution in [0.3, 0.4) is 0 Å². The minimum atomic E-state index is 0.400. The Morgan fingerprint density at radius 2 is 1.40 bits per heavy atom. The van der Waals surface area contributed by atoms with Crippen molar-refractivity contribution < 1.29 is 9.47 Å². The molecule has 2 heteroatoms. The molecule has 15 heavy (non-hydrogen) atoms. The molecule has 2 nitrogen and oxygen atoms in total. The molecule has 2 fully saturated rings. The largest absolute Gasteiger partial charge is 0.376 e. The van der Waals surface area contributed by atoms with Crippen molar-refractivity contribution in [3.63, 3.8) is 0 Å². The molecule has 0 spiro atoms. The lowest BCUT2D eigenvalue weighted by molar-refractivity contribution is -0.113. The van der Waals surface area contributed by atoms with Gasteiger partial charge in [-0.3, -0.25) is 0 Å². The first-order valence-corrected chi connectivity index (χ1v) is 6.66. The summed E-state index contributed by atoms with van der Waals surface area (Å²) < 4.78 is 11.3. The summed E-state index contributed by atoms with van der Waals surface area (Å²) in [5.74, 6) is 0.767. The summed E-state index contributed by atoms with van der Waals surface area (Å²) in [5.41, 5.74) is 0. The van der Waals surface area contributed by atoms with Gasteiger partial charge < -0.3 is 9.47 Å². The fourth-order valence-corrected chi connectivity index (χ4v) is 2.81. The van der Waals surface area contributed by atoms with E-state index in [0.717, 1.165) is 25.7 Å². The summed E-state index contributed by atoms with van der Waals surface area (Å²) in [6, 6.07) is 0. The Morgan fingerprint density at radius 1 is 0.733 bits per heavy atom. The van der Waals surface area contributed by atoms with Crippen LogP contribution in [0.15, 0.2) is 0 Å². The van der Waals surface area contributed by atoms with Gasteiger partial charge in [-0.1, -0.05) is 38.5 Å². The van der Waals surface area contributed by atoms with E-state index in [9.17, 15) is 0 Å². The first-order chi connectivity index (χ1) is 7.47. The summed E-state index contributed by atoms with van der Waals surface area (Å²) in [6.07, 6.45) is 11.6. The summed E-state index contributed by atoms with van der Waals surface area (Å²) in [4.78, 5) is 0. The molecular formula is C13H24O2. The van der Waals surface area contributed by atoms with Gasteiger partial charge >= 0.3 is 0 Å². The molecule has 0 aromatic carbocycles. The van der Waals surface area contributed by atoms with Crippen LogP contribution in [0.1, 0.15) is 51.4 Å². The predicted molar refractivity (Wildman–Crippen MR) is 61.0 cm³/mol. The molecule has 0 N–H and O–H groups in total. The zero-order valence-corrected chi connectivity index (χ0v) is 9.75. The van der Waals surface area contributed by atoms with E-state index in [-0.39, 0.29) is 0 Å². The number of rotatable bonds is 1. The molecule has 1 saturated carbocycles. The van der Waals surface area contributed by atoms with Crippen LogP contribution in [0.4, 0.5) is 0 Å². The molecule has 1 unspecified atom stereocenters. The van der Waals surface area contributed by atoms with Crippen LogP contribution in [0.25, 0.3) is 0 Å². The lowest BCUT2D eigenvalue weighted by Crippen LogP contribution is -2.35. The second-order valence-corrected chi connectivity index (χ2v) is 4.94. The van der Waals surface area contributed by atoms with E-state index in [2.05, 4.69) is 0 Å². The molecule has 1 saturated heterocycles. The minimum absolute atomic E-state index is 0.400. The molecule has 2 rings (SSSR count). The Morgan fingerprint density at radius 3 is 2.00 bits per heavy atom. The standard InChI is InChI=1S/C13H24O2/c1-2-4-6-8-12(7-5-3-1)13-11-14-9-10-15-13/h12-13H,1-11H2. The van der Waals surface area contributed by atoms with Crippen molar-refractivity contribution in [3.8, 4) is 0 Å². The molecule has 0 aromatic heterocycles. The summed E-state index contributed by atoms with van der Waals surface area (Å²) in [7, 11) is 0. The van der Waals surface area contributed by atoms with E-state index in [1.54, 1.807) is 0 Å². The average Bonchev–Trinajstić information content (AvgIpc) is 2.43. The molecule has 0 radical (unpaired) electrons. The smallest absolute Gasteiger partial charge is 0.0837 e. The van der Waals surface area contributed by atoms with E-state index in [4.69, 9.17) is 9.47 Å². The molecule has 88 valence electrons. The van der Waals surface area contributed by atoms with Gasteiger partial charge in [0.2, 0.25) is 0 Å². The maximum Gasteiger partial charge on any atom is 0.0837 e. The third kappa shape index (κ3) is 3.76. The molecule has 1 aliphatic heterocycles. The van der Waals surface area contributed by atoms with Crippen LogP contribution < -0.4 is 0 Å². The van der Waals surface area contributed by atoms with Crippen LogP contribution in [0, 0.1) is 5.92 Å². The molecule has 1 atom stereocenters. The highest BCUT2D eigenvalue weighted by atomic mass is 16.6. The first kappa shape index (κ1) is 11.4. The lowest BCUT2D eigenvalue weighted by Gasteiger charge is -2.30. The Balaban J connectivity index is 1.80. The highest BCUT2D eigenvalue weighted by Crippen LogP contribution is 2.27. The molecule has 0 aromatic rings. The molecular weight excluding hydrogens is 188 g/mol. The van der Waals surface area contributed by atoms with E-state index in [0.29, 0.717) is 6.10 Å². The second-order valence-electron chi connectivity index (χ2n) is 4.94. The molecule has 2 aliphatic rings. The van der Waals surface area contributed by atoms with E-state index in [1.165, 1.54) is 51.4 Å². The van der Waals surface area contributed by atoms with Crippen molar-refractivity contribution in [2.45, 2.75) is 57.5 Å². The van der Waals surface area contributed by atoms with Crippen LogP contribution >= 0.6 is 0 Å². The summed E-state index contributed by atoms with van der Waals surface area (Å²) >= 11 is 0. The fourth-order valence-electron chi connectivity index (χ4n) is 2.81. The SMILES string of the molecule is C1CCCCC(C2COCCO2)CCC1. The van der Waals surface area contributed by atoms with Crippen molar-refractivity contribution in [2.75, 3.05) is 19.8 Å². The van der Waals surface area contributed by atoms with Crippen molar-refractivity contribution >= 4 is 0 Å². The van der Waals surface area contributed by atoms with Gasteiger partial charge in [0.25, 0.3) is 0 Å². The highest BCUT2D eigenvalue weighted by molar-refractivity contribution is 4.73. The summed E-state index contributed by atoms with van der Waals surface area (Å²) in [6.45, 7) is 2.44. The number of ether oxygens (including phenoxy) is 2. The van der Waals surface area contributed by atoms with Gasteiger partial charge in [0.1, 0.15) is 0 Å². The number of hydrogen-bond donors (Lipinski definition) is 0. The van der Waals surface area contributed by atoms with Gasteiger partial charge in [-0.15, -0.1) is 0 Å². The van der Waals surface area contributed by atoms with Crippen LogP contribution in [0.2, 0.25) is 0 Å². The predicted octanol–water partition coefficient (Wildman–Crippen LogP) is 3.15. The Bertz CT molecular complexity index is 154. The molecule has 0 amide bonds. The molecule has 1 heterocycles. The van der Waals surface area contributed by atoms with Crippen molar-refractivity contribution in [1.82, 2.24) is 0 Å². The Kier molecular flexibility index (Phi) is 4.94. The molecule has 0 bridgehead atoms. The van der Waals surface area contributed by atoms with Gasteiger partial charge in [-0.05, 0) is 18.8 Å². The third-order valence-corrected chi connectivity index (χ3v) is 3.77. The third-order valence-electron chi connectivity index (χ3n) is 3.77. The zero-order chi connectivity index (χ0) is 10.3. The van der Waals surface area contributed by atoms with Gasteiger partial charge in [0.05, 0.1) is 25.9 Å². The Labute approximate surface area is 93.3 Å². The topological polar surface area (TPSA) is 18.5 Å². The van der Waals surface area contributed by atoms with Crippen LogP contribution in [-0.4, -0.2) is 25.9 Å². The first-order valence-electron chi connectivity index (χ1n) is 6.66. The quantitative estimate of drug-likeness (QED) is 0.664. The van der Waals surface area contributed by atoms with Gasteiger partial charge in [-0.25, -0.2) is 0 Å². The minimum Gasteiger partial charge on any atom is -0.376 e. The highest BCUT2D eigenvalue weighted by Gasteiger charge is 2.24. The fraction of sp³-hybridized carbons (Fsp3) is 1.00. The normalized spacial score (nSPS) is 31.6. The van der Waals surface area contributed by atoms with E-state index in [1.807, 2.05) is 0 Å². The van der Waals surface area contributed by atoms with E-state index >= 15 is 0 Å². The van der Waals surface area contributed by atoms with E-state index < -0.39 is 0 Å². The average molecular weight is 212 g/mol. The summed E-state index contributed by atoms with van der Waals surface area (Å²) in [5, 5.41) is 0. The van der Waals surface area contributed by atoms with Crippen molar-refractivity contribution in [2.24, 2.45) is 5.92 Å². The maximum absolute atomic E-state index is 5.83. The van der Waals surface area contributed by atoms with Crippen LogP contribution in [0.5, 0.6) is 0 Å². The van der Waals surface area contributed by atoms with Crippen molar-refractivity contribution in [1.29, 1.82) is 0 Å². The monoisotopic (exact) mass is 212 g/mol. The Hall–Kier alpha value is -0.0800. The molecule has 1 aliphatic carbocycles. The van der Waals surface area contributed by atoms with Gasteiger partial charge in [0, 0.05) is 0 Å². The van der Waals surface area contributed by atoms with Crippen molar-refractivity contribution in [3.05, 3.63) is 0 Å². The maximum atomic E-state index is 5.83. The number of hydrogen-bond acceptors (Lipinski definition) is 2. The lowest BCUT2D eigenvalue weighted by atomic mass is 9.91.